The minimum atomic E-state index is 0.406. The lowest BCUT2D eigenvalue weighted by molar-refractivity contribution is 0.518. The van der Waals surface area contributed by atoms with Crippen LogP contribution >= 0.6 is 15.9 Å². The van der Waals surface area contributed by atoms with Gasteiger partial charge in [-0.15, -0.1) is 0 Å². The Kier molecular flexibility index (Phi) is 5.38. The molecule has 0 fully saturated rings. The van der Waals surface area contributed by atoms with Crippen LogP contribution in [0.1, 0.15) is 41.6 Å². The van der Waals surface area contributed by atoms with Crippen molar-refractivity contribution in [1.29, 1.82) is 0 Å². The maximum Gasteiger partial charge on any atom is 0.0320 e. The predicted octanol–water partition coefficient (Wildman–Crippen LogP) is 5.31. The lowest BCUT2D eigenvalue weighted by Gasteiger charge is -2.19. The molecule has 1 unspecified atom stereocenters. The molecule has 0 radical (unpaired) electrons. The Bertz CT molecular complexity index is 560. The number of halogens is 1. The number of benzene rings is 2. The second-order valence-corrected chi connectivity index (χ2v) is 6.17. The van der Waals surface area contributed by atoms with Gasteiger partial charge in [0, 0.05) is 17.1 Å². The van der Waals surface area contributed by atoms with Crippen LogP contribution in [0.25, 0.3) is 0 Å². The summed E-state index contributed by atoms with van der Waals surface area (Å²) in [5.74, 6) is 0. The van der Waals surface area contributed by atoms with Crippen molar-refractivity contribution in [3.05, 3.63) is 69.2 Å². The Morgan fingerprint density at radius 3 is 2.40 bits per heavy atom. The fourth-order valence-corrected chi connectivity index (χ4v) is 2.69. The number of hydrogen-bond acceptors (Lipinski definition) is 1. The molecule has 0 aliphatic carbocycles. The molecule has 0 aliphatic rings. The highest BCUT2D eigenvalue weighted by Crippen LogP contribution is 2.21. The van der Waals surface area contributed by atoms with Crippen molar-refractivity contribution < 1.29 is 0 Å². The van der Waals surface area contributed by atoms with Crippen LogP contribution in [0.15, 0.2) is 46.9 Å². The zero-order valence-corrected chi connectivity index (χ0v) is 14.0. The molecule has 1 nitrogen and oxygen atoms in total. The molecule has 106 valence electrons. The molecule has 0 bridgehead atoms. The Morgan fingerprint density at radius 2 is 1.75 bits per heavy atom. The molecular weight excluding hydrogens is 310 g/mol. The molecule has 0 amide bonds. The van der Waals surface area contributed by atoms with Crippen molar-refractivity contribution in [2.75, 3.05) is 0 Å². The van der Waals surface area contributed by atoms with E-state index in [1.807, 2.05) is 0 Å². The minimum absolute atomic E-state index is 0.406. The summed E-state index contributed by atoms with van der Waals surface area (Å²) in [5, 5.41) is 3.67. The third-order valence-electron chi connectivity index (χ3n) is 3.94. The first-order valence-corrected chi connectivity index (χ1v) is 7.95. The molecule has 0 saturated heterocycles. The van der Waals surface area contributed by atoms with E-state index < -0.39 is 0 Å². The van der Waals surface area contributed by atoms with Gasteiger partial charge in [0.25, 0.3) is 0 Å². The normalized spacial score (nSPS) is 12.4. The highest BCUT2D eigenvalue weighted by molar-refractivity contribution is 9.10. The van der Waals surface area contributed by atoms with Crippen LogP contribution in [0.4, 0.5) is 0 Å². The Morgan fingerprint density at radius 1 is 1.05 bits per heavy atom. The van der Waals surface area contributed by atoms with Gasteiger partial charge in [0.05, 0.1) is 0 Å². The van der Waals surface area contributed by atoms with Gasteiger partial charge in [-0.05, 0) is 54.7 Å². The van der Waals surface area contributed by atoms with Crippen molar-refractivity contribution in [2.24, 2.45) is 0 Å². The first-order chi connectivity index (χ1) is 9.61. The Labute approximate surface area is 130 Å². The molecule has 0 spiro atoms. The maximum atomic E-state index is 3.67. The summed E-state index contributed by atoms with van der Waals surface area (Å²) in [5.41, 5.74) is 5.49. The van der Waals surface area contributed by atoms with Crippen molar-refractivity contribution >= 4 is 15.9 Å². The Balaban J connectivity index is 2.07. The van der Waals surface area contributed by atoms with Crippen LogP contribution < -0.4 is 5.32 Å². The number of hydrogen-bond donors (Lipinski definition) is 1. The topological polar surface area (TPSA) is 12.0 Å². The van der Waals surface area contributed by atoms with Crippen LogP contribution in [-0.2, 0) is 6.54 Å². The number of aryl methyl sites for hydroxylation is 1. The van der Waals surface area contributed by atoms with E-state index >= 15 is 0 Å². The third-order valence-corrected chi connectivity index (χ3v) is 4.47. The minimum Gasteiger partial charge on any atom is -0.306 e. The lowest BCUT2D eigenvalue weighted by atomic mass is 10.0. The summed E-state index contributed by atoms with van der Waals surface area (Å²) < 4.78 is 1.13. The smallest absolute Gasteiger partial charge is 0.0320 e. The van der Waals surface area contributed by atoms with Gasteiger partial charge in [-0.1, -0.05) is 53.2 Å². The largest absolute Gasteiger partial charge is 0.306 e. The van der Waals surface area contributed by atoms with Gasteiger partial charge < -0.3 is 5.32 Å². The maximum absolute atomic E-state index is 3.67. The van der Waals surface area contributed by atoms with E-state index in [2.05, 4.69) is 84.5 Å². The molecule has 0 aromatic heterocycles. The van der Waals surface area contributed by atoms with E-state index in [4.69, 9.17) is 0 Å². The fraction of sp³-hybridized carbons (Fsp3) is 0.333. The van der Waals surface area contributed by atoms with E-state index in [0.717, 1.165) is 17.4 Å². The molecule has 20 heavy (non-hydrogen) atoms. The molecule has 2 rings (SSSR count). The van der Waals surface area contributed by atoms with Crippen LogP contribution in [0, 0.1) is 13.8 Å². The fourth-order valence-electron chi connectivity index (χ4n) is 2.43. The monoisotopic (exact) mass is 331 g/mol. The number of rotatable bonds is 5. The second kappa shape index (κ2) is 7.05. The average Bonchev–Trinajstić information content (AvgIpc) is 2.45. The molecule has 0 aliphatic heterocycles. The highest BCUT2D eigenvalue weighted by Gasteiger charge is 2.09. The SMILES string of the molecule is CCC(NCc1cccc(C)c1C)c1ccc(Br)cc1. The zero-order chi connectivity index (χ0) is 14.5. The average molecular weight is 332 g/mol. The first-order valence-electron chi connectivity index (χ1n) is 7.15. The van der Waals surface area contributed by atoms with Crippen LogP contribution in [0.2, 0.25) is 0 Å². The van der Waals surface area contributed by atoms with E-state index in [1.54, 1.807) is 0 Å². The third kappa shape index (κ3) is 3.71. The van der Waals surface area contributed by atoms with Crippen LogP contribution in [-0.4, -0.2) is 0 Å². The lowest BCUT2D eigenvalue weighted by Crippen LogP contribution is -2.20. The van der Waals surface area contributed by atoms with Gasteiger partial charge in [0.1, 0.15) is 0 Å². The standard InChI is InChI=1S/C18H22BrN/c1-4-18(15-8-10-17(19)11-9-15)20-12-16-7-5-6-13(2)14(16)3/h5-11,18,20H,4,12H2,1-3H3. The summed E-state index contributed by atoms with van der Waals surface area (Å²) in [7, 11) is 0. The van der Waals surface area contributed by atoms with Gasteiger partial charge in [0.15, 0.2) is 0 Å². The summed E-state index contributed by atoms with van der Waals surface area (Å²) >= 11 is 3.49. The first kappa shape index (κ1) is 15.3. The zero-order valence-electron chi connectivity index (χ0n) is 12.4. The molecule has 1 N–H and O–H groups in total. The summed E-state index contributed by atoms with van der Waals surface area (Å²) in [4.78, 5) is 0. The van der Waals surface area contributed by atoms with Crippen molar-refractivity contribution in [3.8, 4) is 0 Å². The van der Waals surface area contributed by atoms with Crippen molar-refractivity contribution in [1.82, 2.24) is 5.32 Å². The molecule has 0 saturated carbocycles. The predicted molar refractivity (Wildman–Crippen MR) is 89.9 cm³/mol. The van der Waals surface area contributed by atoms with Gasteiger partial charge in [-0.3, -0.25) is 0 Å². The summed E-state index contributed by atoms with van der Waals surface area (Å²) in [6.45, 7) is 7.52. The van der Waals surface area contributed by atoms with Crippen LogP contribution in [0.3, 0.4) is 0 Å². The summed E-state index contributed by atoms with van der Waals surface area (Å²) in [6.07, 6.45) is 1.09. The Hall–Kier alpha value is -1.12. The van der Waals surface area contributed by atoms with E-state index in [1.165, 1.54) is 22.3 Å². The summed E-state index contributed by atoms with van der Waals surface area (Å²) in [6, 6.07) is 15.5. The van der Waals surface area contributed by atoms with E-state index in [9.17, 15) is 0 Å². The van der Waals surface area contributed by atoms with Gasteiger partial charge in [-0.2, -0.15) is 0 Å². The van der Waals surface area contributed by atoms with Gasteiger partial charge >= 0.3 is 0 Å². The second-order valence-electron chi connectivity index (χ2n) is 5.25. The van der Waals surface area contributed by atoms with Crippen molar-refractivity contribution in [2.45, 2.75) is 39.8 Å². The van der Waals surface area contributed by atoms with E-state index in [-0.39, 0.29) is 0 Å². The highest BCUT2D eigenvalue weighted by atomic mass is 79.9. The van der Waals surface area contributed by atoms with Crippen molar-refractivity contribution in [3.63, 3.8) is 0 Å². The number of nitrogens with one attached hydrogen (secondary N) is 1. The molecule has 2 heteroatoms. The molecule has 2 aromatic rings. The molecule has 1 atom stereocenters. The molecule has 0 heterocycles. The molecular formula is C18H22BrN. The van der Waals surface area contributed by atoms with Gasteiger partial charge in [-0.25, -0.2) is 0 Å². The quantitative estimate of drug-likeness (QED) is 0.783. The van der Waals surface area contributed by atoms with Crippen LogP contribution in [0.5, 0.6) is 0 Å². The van der Waals surface area contributed by atoms with E-state index in [0.29, 0.717) is 6.04 Å². The molecule has 2 aromatic carbocycles. The van der Waals surface area contributed by atoms with Gasteiger partial charge in [0.2, 0.25) is 0 Å².